The molecule has 1 aliphatic heterocycles. The van der Waals surface area contributed by atoms with E-state index >= 15 is 0 Å². The monoisotopic (exact) mass is 505 g/mol. The summed E-state index contributed by atoms with van der Waals surface area (Å²) in [6, 6.07) is 11.1. The van der Waals surface area contributed by atoms with E-state index in [9.17, 15) is 29.8 Å². The van der Waals surface area contributed by atoms with Crippen LogP contribution in [0.1, 0.15) is 20.7 Å². The smallest absolute Gasteiger partial charge is 0.321 e. The molecule has 0 saturated heterocycles. The maximum atomic E-state index is 13.0. The lowest BCUT2D eigenvalue weighted by atomic mass is 9.95. The number of imide groups is 1. The first-order valence-corrected chi connectivity index (χ1v) is 9.08. The molecule has 0 unspecified atom stereocenters. The van der Waals surface area contributed by atoms with Gasteiger partial charge in [-0.25, -0.2) is 0 Å². The van der Waals surface area contributed by atoms with Crippen molar-refractivity contribution in [2.45, 2.75) is 0 Å². The normalized spacial score (nSPS) is 12.9. The van der Waals surface area contributed by atoms with Crippen LogP contribution >= 0.6 is 22.6 Å². The largest absolute Gasteiger partial charge is 0.361 e. The molecular weight excluding hydrogens is 497 g/mol. The number of nitro benzene ring substituents is 2. The number of carbonyl (C=O) groups is 2. The van der Waals surface area contributed by atoms with Crippen molar-refractivity contribution in [3.63, 3.8) is 0 Å². The van der Waals surface area contributed by atoms with Gasteiger partial charge in [-0.1, -0.05) is 23.3 Å². The predicted molar refractivity (Wildman–Crippen MR) is 108 cm³/mol. The fraction of sp³-hybridized carbons (Fsp3) is 0. The fourth-order valence-electron chi connectivity index (χ4n) is 3.06. The van der Waals surface area contributed by atoms with E-state index in [1.807, 2.05) is 22.6 Å². The van der Waals surface area contributed by atoms with E-state index in [0.717, 1.165) is 12.1 Å². The van der Waals surface area contributed by atoms with Crippen LogP contribution in [0, 0.1) is 23.8 Å². The minimum Gasteiger partial charge on any atom is -0.361 e. The number of nitrogens with zero attached hydrogens (tertiary/aromatic N) is 3. The quantitative estimate of drug-likeness (QED) is 0.228. The highest BCUT2D eigenvalue weighted by Crippen LogP contribution is 2.36. The SMILES string of the molecule is O=C1c2cccc3ccc(I)c(c23)C(=O)N1Oc1ccc([N+](=O)[O-])cc1[N+](=O)[O-]. The molecule has 10 nitrogen and oxygen atoms in total. The summed E-state index contributed by atoms with van der Waals surface area (Å²) in [7, 11) is 0. The highest BCUT2D eigenvalue weighted by atomic mass is 127. The molecule has 0 radical (unpaired) electrons. The molecule has 0 N–H and O–H groups in total. The number of hydroxylamine groups is 2. The van der Waals surface area contributed by atoms with Crippen molar-refractivity contribution in [1.29, 1.82) is 0 Å². The molecule has 4 rings (SSSR count). The molecule has 1 heterocycles. The van der Waals surface area contributed by atoms with E-state index in [4.69, 9.17) is 4.84 Å². The number of hydrogen-bond acceptors (Lipinski definition) is 7. The molecule has 144 valence electrons. The summed E-state index contributed by atoms with van der Waals surface area (Å²) in [5.74, 6) is -2.04. The molecule has 0 fully saturated rings. The Labute approximate surface area is 175 Å². The molecule has 3 aromatic carbocycles. The Hall–Kier alpha value is -3.61. The first-order chi connectivity index (χ1) is 13.8. The summed E-state index contributed by atoms with van der Waals surface area (Å²) in [6.07, 6.45) is 0. The van der Waals surface area contributed by atoms with Crippen molar-refractivity contribution >= 4 is 56.6 Å². The highest BCUT2D eigenvalue weighted by molar-refractivity contribution is 14.1. The number of hydrogen-bond donors (Lipinski definition) is 0. The van der Waals surface area contributed by atoms with Gasteiger partial charge in [0.2, 0.25) is 5.75 Å². The Morgan fingerprint density at radius 2 is 1.69 bits per heavy atom. The fourth-order valence-corrected chi connectivity index (χ4v) is 3.74. The van der Waals surface area contributed by atoms with Crippen LogP contribution in [-0.4, -0.2) is 26.7 Å². The van der Waals surface area contributed by atoms with E-state index in [-0.39, 0.29) is 11.1 Å². The highest BCUT2D eigenvalue weighted by Gasteiger charge is 2.37. The van der Waals surface area contributed by atoms with E-state index in [1.165, 1.54) is 6.07 Å². The van der Waals surface area contributed by atoms with Gasteiger partial charge in [-0.05, 0) is 46.2 Å². The van der Waals surface area contributed by atoms with Gasteiger partial charge in [0.1, 0.15) is 0 Å². The molecule has 0 atom stereocenters. The number of halogens is 1. The number of nitro groups is 2. The number of rotatable bonds is 4. The van der Waals surface area contributed by atoms with Gasteiger partial charge in [-0.15, -0.1) is 0 Å². The van der Waals surface area contributed by atoms with Crippen LogP contribution in [0.4, 0.5) is 11.4 Å². The first kappa shape index (κ1) is 18.7. The third-order valence-corrected chi connectivity index (χ3v) is 5.25. The van der Waals surface area contributed by atoms with Gasteiger partial charge in [-0.2, -0.15) is 0 Å². The predicted octanol–water partition coefficient (Wildman–Crippen LogP) is 3.85. The van der Waals surface area contributed by atoms with Gasteiger partial charge in [0.25, 0.3) is 17.5 Å². The van der Waals surface area contributed by atoms with Gasteiger partial charge in [-0.3, -0.25) is 29.8 Å². The van der Waals surface area contributed by atoms with Crippen molar-refractivity contribution in [1.82, 2.24) is 5.06 Å². The zero-order chi connectivity index (χ0) is 20.9. The average Bonchev–Trinajstić information content (AvgIpc) is 2.69. The van der Waals surface area contributed by atoms with Gasteiger partial charge >= 0.3 is 5.69 Å². The summed E-state index contributed by atoms with van der Waals surface area (Å²) >= 11 is 1.95. The second-order valence-corrected chi connectivity index (χ2v) is 7.15. The van der Waals surface area contributed by atoms with Crippen LogP contribution in [0.2, 0.25) is 0 Å². The molecule has 29 heavy (non-hydrogen) atoms. The summed E-state index contributed by atoms with van der Waals surface area (Å²) < 4.78 is 0.576. The summed E-state index contributed by atoms with van der Waals surface area (Å²) in [5, 5.41) is 23.8. The van der Waals surface area contributed by atoms with Crippen molar-refractivity contribution in [2.24, 2.45) is 0 Å². The number of carbonyl (C=O) groups excluding carboxylic acids is 2. The van der Waals surface area contributed by atoms with Crippen LogP contribution < -0.4 is 4.84 Å². The lowest BCUT2D eigenvalue weighted by Gasteiger charge is -2.26. The standard InChI is InChI=1S/C18H8IN3O7/c19-12-6-4-9-2-1-3-11-15(9)16(12)18(24)20(17(11)23)29-14-7-5-10(21(25)26)8-13(14)22(27)28/h1-8H. The summed E-state index contributed by atoms with van der Waals surface area (Å²) in [6.45, 7) is 0. The topological polar surface area (TPSA) is 133 Å². The number of non-ortho nitro benzene ring substituents is 1. The zero-order valence-electron chi connectivity index (χ0n) is 14.2. The second kappa shape index (κ2) is 6.77. The maximum absolute atomic E-state index is 13.0. The molecule has 0 aliphatic carbocycles. The lowest BCUT2D eigenvalue weighted by Crippen LogP contribution is -2.43. The molecule has 3 aromatic rings. The molecule has 0 spiro atoms. The van der Waals surface area contributed by atoms with Crippen molar-refractivity contribution < 1.29 is 24.3 Å². The molecule has 0 saturated carbocycles. The zero-order valence-corrected chi connectivity index (χ0v) is 16.4. The van der Waals surface area contributed by atoms with E-state index in [0.29, 0.717) is 25.5 Å². The minimum absolute atomic E-state index is 0.209. The third-order valence-electron chi connectivity index (χ3n) is 4.35. The lowest BCUT2D eigenvalue weighted by molar-refractivity contribution is -0.395. The van der Waals surface area contributed by atoms with E-state index in [2.05, 4.69) is 0 Å². The molecule has 0 bridgehead atoms. The van der Waals surface area contributed by atoms with E-state index in [1.54, 1.807) is 24.3 Å². The van der Waals surface area contributed by atoms with Crippen LogP contribution in [0.25, 0.3) is 10.8 Å². The van der Waals surface area contributed by atoms with Gasteiger partial charge in [0, 0.05) is 15.0 Å². The van der Waals surface area contributed by atoms with Gasteiger partial charge in [0.05, 0.1) is 27.0 Å². The second-order valence-electron chi connectivity index (χ2n) is 5.99. The van der Waals surface area contributed by atoms with E-state index < -0.39 is 38.8 Å². The summed E-state index contributed by atoms with van der Waals surface area (Å²) in [5.41, 5.74) is -0.820. The molecule has 2 amide bonds. The third kappa shape index (κ3) is 2.95. The molecule has 1 aliphatic rings. The van der Waals surface area contributed by atoms with Crippen molar-refractivity contribution in [3.05, 3.63) is 83.5 Å². The molecule has 11 heteroatoms. The minimum atomic E-state index is -0.889. The van der Waals surface area contributed by atoms with Crippen LogP contribution in [0.5, 0.6) is 5.75 Å². The van der Waals surface area contributed by atoms with Gasteiger partial charge < -0.3 is 4.84 Å². The van der Waals surface area contributed by atoms with Crippen LogP contribution in [0.3, 0.4) is 0 Å². The molecule has 0 aromatic heterocycles. The van der Waals surface area contributed by atoms with Gasteiger partial charge in [0.15, 0.2) is 0 Å². The summed E-state index contributed by atoms with van der Waals surface area (Å²) in [4.78, 5) is 51.7. The Bertz CT molecular complexity index is 1260. The van der Waals surface area contributed by atoms with Crippen molar-refractivity contribution in [3.8, 4) is 5.75 Å². The Morgan fingerprint density at radius 3 is 2.38 bits per heavy atom. The van der Waals surface area contributed by atoms with Crippen LogP contribution in [0.15, 0.2) is 48.5 Å². The Balaban J connectivity index is 1.83. The number of benzene rings is 3. The van der Waals surface area contributed by atoms with Crippen molar-refractivity contribution in [2.75, 3.05) is 0 Å². The molecular formula is C18H8IN3O7. The van der Waals surface area contributed by atoms with Crippen LogP contribution in [-0.2, 0) is 0 Å². The average molecular weight is 505 g/mol. The maximum Gasteiger partial charge on any atom is 0.321 e. The number of amides is 2. The first-order valence-electron chi connectivity index (χ1n) is 8.00. The Morgan fingerprint density at radius 1 is 0.931 bits per heavy atom. The Kier molecular flexibility index (Phi) is 4.38.